The molecule has 0 atom stereocenters. The zero-order chi connectivity index (χ0) is 13.8. The molecule has 18 heavy (non-hydrogen) atoms. The van der Waals surface area contributed by atoms with E-state index in [1.165, 1.54) is 6.07 Å². The summed E-state index contributed by atoms with van der Waals surface area (Å²) in [6.45, 7) is 1.52. The van der Waals surface area contributed by atoms with Gasteiger partial charge in [-0.15, -0.1) is 0 Å². The van der Waals surface area contributed by atoms with Gasteiger partial charge in [-0.2, -0.15) is 4.31 Å². The first-order valence-corrected chi connectivity index (χ1v) is 6.67. The highest BCUT2D eigenvalue weighted by Crippen LogP contribution is 2.13. The molecule has 0 aromatic carbocycles. The fraction of sp³-hybridized carbons (Fsp3) is 0.400. The maximum absolute atomic E-state index is 12.0. The molecular formula is C10H14N2O5S. The first-order chi connectivity index (χ1) is 8.43. The quantitative estimate of drug-likeness (QED) is 0.742. The van der Waals surface area contributed by atoms with E-state index in [1.807, 2.05) is 0 Å². The van der Waals surface area contributed by atoms with Crippen molar-refractivity contribution in [1.29, 1.82) is 0 Å². The first kappa shape index (κ1) is 14.6. The number of hydrogen-bond acceptors (Lipinski definition) is 5. The molecule has 8 heteroatoms. The Morgan fingerprint density at radius 3 is 2.50 bits per heavy atom. The molecule has 1 heterocycles. The van der Waals surface area contributed by atoms with E-state index in [4.69, 9.17) is 10.2 Å². The van der Waals surface area contributed by atoms with Gasteiger partial charge in [0, 0.05) is 19.3 Å². The van der Waals surface area contributed by atoms with E-state index in [1.54, 1.807) is 6.92 Å². The van der Waals surface area contributed by atoms with Gasteiger partial charge in [0.25, 0.3) is 10.0 Å². The van der Waals surface area contributed by atoms with Gasteiger partial charge in [0.1, 0.15) is 0 Å². The van der Waals surface area contributed by atoms with Crippen LogP contribution < -0.4 is 0 Å². The second-order valence-corrected chi connectivity index (χ2v) is 5.30. The Morgan fingerprint density at radius 1 is 1.44 bits per heavy atom. The topological polar surface area (TPSA) is 108 Å². The number of likely N-dealkylation sites (N-methyl/N-ethyl adjacent to an activating group) is 1. The molecule has 0 saturated carbocycles. The standard InChI is InChI=1S/C10H14N2O5S/c1-2-12(5-6-13)18(16,17)9-4-3-8(7-11-9)10(14)15/h3-4,7,13H,2,5-6H2,1H3,(H,14,15). The molecule has 1 aromatic heterocycles. The molecule has 0 radical (unpaired) electrons. The summed E-state index contributed by atoms with van der Waals surface area (Å²) in [7, 11) is -3.79. The lowest BCUT2D eigenvalue weighted by Gasteiger charge is -2.18. The van der Waals surface area contributed by atoms with Crippen LogP contribution in [-0.2, 0) is 10.0 Å². The van der Waals surface area contributed by atoms with Crippen LogP contribution in [0.4, 0.5) is 0 Å². The summed E-state index contributed by atoms with van der Waals surface area (Å²) in [5.74, 6) is -1.17. The van der Waals surface area contributed by atoms with Crippen LogP contribution in [-0.4, -0.2) is 53.6 Å². The summed E-state index contributed by atoms with van der Waals surface area (Å²) in [5, 5.41) is 17.2. The largest absolute Gasteiger partial charge is 0.478 e. The summed E-state index contributed by atoms with van der Waals surface area (Å²) in [5.41, 5.74) is -0.0841. The van der Waals surface area contributed by atoms with E-state index >= 15 is 0 Å². The van der Waals surface area contributed by atoms with Crippen molar-refractivity contribution in [3.8, 4) is 0 Å². The number of nitrogens with zero attached hydrogens (tertiary/aromatic N) is 2. The highest BCUT2D eigenvalue weighted by atomic mass is 32.2. The molecule has 0 amide bonds. The van der Waals surface area contributed by atoms with Crippen LogP contribution in [0.3, 0.4) is 0 Å². The molecule has 0 saturated heterocycles. The normalized spacial score (nSPS) is 11.7. The number of pyridine rings is 1. The van der Waals surface area contributed by atoms with Gasteiger partial charge in [-0.25, -0.2) is 18.2 Å². The average molecular weight is 274 g/mol. The number of aromatic nitrogens is 1. The lowest BCUT2D eigenvalue weighted by atomic mass is 10.3. The number of carbonyl (C=O) groups is 1. The van der Waals surface area contributed by atoms with Crippen LogP contribution >= 0.6 is 0 Å². The Labute approximate surface area is 105 Å². The Balaban J connectivity index is 3.08. The van der Waals surface area contributed by atoms with Gasteiger partial charge < -0.3 is 10.2 Å². The molecule has 0 unspecified atom stereocenters. The van der Waals surface area contributed by atoms with Crippen molar-refractivity contribution in [3.63, 3.8) is 0 Å². The minimum Gasteiger partial charge on any atom is -0.478 e. The molecule has 0 spiro atoms. The van der Waals surface area contributed by atoms with E-state index in [0.29, 0.717) is 0 Å². The minimum atomic E-state index is -3.79. The number of rotatable bonds is 6. The fourth-order valence-corrected chi connectivity index (χ4v) is 2.70. The van der Waals surface area contributed by atoms with Crippen LogP contribution in [0.5, 0.6) is 0 Å². The molecule has 0 aliphatic carbocycles. The lowest BCUT2D eigenvalue weighted by Crippen LogP contribution is -2.33. The van der Waals surface area contributed by atoms with Crippen molar-refractivity contribution in [2.75, 3.05) is 19.7 Å². The lowest BCUT2D eigenvalue weighted by molar-refractivity contribution is 0.0696. The van der Waals surface area contributed by atoms with E-state index in [2.05, 4.69) is 4.98 Å². The molecule has 100 valence electrons. The molecular weight excluding hydrogens is 260 g/mol. The Kier molecular flexibility index (Phi) is 4.76. The second kappa shape index (κ2) is 5.89. The molecule has 0 bridgehead atoms. The second-order valence-electron chi connectivity index (χ2n) is 3.41. The van der Waals surface area contributed by atoms with Gasteiger partial charge in [-0.05, 0) is 12.1 Å². The van der Waals surface area contributed by atoms with Crippen LogP contribution in [0.15, 0.2) is 23.4 Å². The Morgan fingerprint density at radius 2 is 2.11 bits per heavy atom. The third-order valence-corrected chi connectivity index (χ3v) is 4.18. The minimum absolute atomic E-state index is 0.0266. The molecule has 0 aliphatic heterocycles. The molecule has 1 rings (SSSR count). The van der Waals surface area contributed by atoms with Gasteiger partial charge in [0.15, 0.2) is 5.03 Å². The van der Waals surface area contributed by atoms with Gasteiger partial charge >= 0.3 is 5.97 Å². The van der Waals surface area contributed by atoms with Crippen molar-refractivity contribution in [2.45, 2.75) is 11.9 Å². The molecule has 0 aliphatic rings. The molecule has 7 nitrogen and oxygen atoms in total. The van der Waals surface area contributed by atoms with E-state index in [-0.39, 0.29) is 30.3 Å². The monoisotopic (exact) mass is 274 g/mol. The summed E-state index contributed by atoms with van der Waals surface area (Å²) in [6, 6.07) is 2.31. The third-order valence-electron chi connectivity index (χ3n) is 2.29. The zero-order valence-corrected chi connectivity index (χ0v) is 10.6. The zero-order valence-electron chi connectivity index (χ0n) is 9.78. The van der Waals surface area contributed by atoms with Crippen molar-refractivity contribution < 1.29 is 23.4 Å². The summed E-state index contributed by atoms with van der Waals surface area (Å²) in [4.78, 5) is 14.3. The average Bonchev–Trinajstić information content (AvgIpc) is 2.35. The van der Waals surface area contributed by atoms with Gasteiger partial charge in [-0.3, -0.25) is 0 Å². The summed E-state index contributed by atoms with van der Waals surface area (Å²) < 4.78 is 25.1. The predicted molar refractivity (Wildman–Crippen MR) is 62.7 cm³/mol. The maximum atomic E-state index is 12.0. The van der Waals surface area contributed by atoms with Crippen molar-refractivity contribution in [3.05, 3.63) is 23.9 Å². The van der Waals surface area contributed by atoms with Crippen molar-refractivity contribution in [2.24, 2.45) is 0 Å². The SMILES string of the molecule is CCN(CCO)S(=O)(=O)c1ccc(C(=O)O)cn1. The highest BCUT2D eigenvalue weighted by molar-refractivity contribution is 7.89. The summed E-state index contributed by atoms with van der Waals surface area (Å²) in [6.07, 6.45) is 0.988. The van der Waals surface area contributed by atoms with E-state index in [0.717, 1.165) is 16.6 Å². The number of sulfonamides is 1. The van der Waals surface area contributed by atoms with Crippen LogP contribution in [0.2, 0.25) is 0 Å². The third kappa shape index (κ3) is 3.03. The number of aliphatic hydroxyl groups excluding tert-OH is 1. The van der Waals surface area contributed by atoms with Crippen LogP contribution in [0.1, 0.15) is 17.3 Å². The predicted octanol–water partition coefficient (Wildman–Crippen LogP) is -0.217. The van der Waals surface area contributed by atoms with Gasteiger partial charge in [0.05, 0.1) is 12.2 Å². The van der Waals surface area contributed by atoms with E-state index < -0.39 is 16.0 Å². The number of hydrogen-bond donors (Lipinski definition) is 2. The van der Waals surface area contributed by atoms with Crippen LogP contribution in [0.25, 0.3) is 0 Å². The van der Waals surface area contributed by atoms with Crippen molar-refractivity contribution in [1.82, 2.24) is 9.29 Å². The molecule has 0 fully saturated rings. The number of aromatic carboxylic acids is 1. The Hall–Kier alpha value is -1.51. The smallest absolute Gasteiger partial charge is 0.337 e. The number of carboxylic acid groups (broad SMARTS) is 1. The molecule has 2 N–H and O–H groups in total. The van der Waals surface area contributed by atoms with Gasteiger partial charge in [0.2, 0.25) is 0 Å². The Bertz CT molecular complexity index is 512. The summed E-state index contributed by atoms with van der Waals surface area (Å²) >= 11 is 0. The van der Waals surface area contributed by atoms with Gasteiger partial charge in [-0.1, -0.05) is 6.92 Å². The van der Waals surface area contributed by atoms with Crippen LogP contribution in [0, 0.1) is 0 Å². The fourth-order valence-electron chi connectivity index (χ4n) is 1.35. The highest BCUT2D eigenvalue weighted by Gasteiger charge is 2.24. The first-order valence-electron chi connectivity index (χ1n) is 5.23. The maximum Gasteiger partial charge on any atom is 0.337 e. The molecule has 1 aromatic rings. The van der Waals surface area contributed by atoms with E-state index in [9.17, 15) is 13.2 Å². The van der Waals surface area contributed by atoms with Crippen molar-refractivity contribution >= 4 is 16.0 Å². The number of carboxylic acids is 1. The number of aliphatic hydroxyl groups is 1.